The maximum Gasteiger partial charge on any atom is 0.191 e. The second-order valence-corrected chi connectivity index (χ2v) is 4.84. The Kier molecular flexibility index (Phi) is 5.37. The van der Waals surface area contributed by atoms with Crippen molar-refractivity contribution in [1.82, 2.24) is 15.6 Å². The Labute approximate surface area is 117 Å². The monoisotopic (exact) mass is 274 g/mol. The van der Waals surface area contributed by atoms with Crippen molar-refractivity contribution in [3.05, 3.63) is 52.5 Å². The first-order chi connectivity index (χ1) is 9.38. The highest BCUT2D eigenvalue weighted by Crippen LogP contribution is 2.04. The molecule has 0 aliphatic heterocycles. The lowest BCUT2D eigenvalue weighted by molar-refractivity contribution is 0.785. The smallest absolute Gasteiger partial charge is 0.191 e. The van der Waals surface area contributed by atoms with Crippen LogP contribution in [0.2, 0.25) is 0 Å². The molecule has 0 fully saturated rings. The molecule has 0 saturated heterocycles. The van der Waals surface area contributed by atoms with Gasteiger partial charge in [0.1, 0.15) is 0 Å². The zero-order chi connectivity index (χ0) is 13.3. The van der Waals surface area contributed by atoms with Crippen molar-refractivity contribution >= 4 is 17.3 Å². The molecule has 0 atom stereocenters. The number of aliphatic imine (C=N–C) groups is 1. The van der Waals surface area contributed by atoms with Crippen molar-refractivity contribution < 1.29 is 0 Å². The second kappa shape index (κ2) is 7.53. The van der Waals surface area contributed by atoms with Crippen LogP contribution in [0.5, 0.6) is 0 Å². The lowest BCUT2D eigenvalue weighted by Gasteiger charge is -2.10. The molecule has 0 bridgehead atoms. The molecule has 0 amide bonds. The number of rotatable bonds is 5. The maximum atomic E-state index is 4.29. The van der Waals surface area contributed by atoms with Crippen LogP contribution < -0.4 is 10.6 Å². The highest BCUT2D eigenvalue weighted by atomic mass is 32.1. The standard InChI is InChI=1S/C14H18N4S/c1-15-14(18-10-12-6-9-19-11-12)17-8-5-13-4-2-3-7-16-13/h2-4,6-7,9,11H,5,8,10H2,1H3,(H2,15,17,18). The summed E-state index contributed by atoms with van der Waals surface area (Å²) in [6.07, 6.45) is 2.71. The van der Waals surface area contributed by atoms with Gasteiger partial charge in [-0.1, -0.05) is 6.07 Å². The molecule has 19 heavy (non-hydrogen) atoms. The molecular formula is C14H18N4S. The Hall–Kier alpha value is -1.88. The summed E-state index contributed by atoms with van der Waals surface area (Å²) in [5.74, 6) is 0.821. The molecule has 4 nitrogen and oxygen atoms in total. The van der Waals surface area contributed by atoms with Gasteiger partial charge in [0.15, 0.2) is 5.96 Å². The molecule has 0 aliphatic carbocycles. The first kappa shape index (κ1) is 13.5. The molecule has 2 heterocycles. The summed E-state index contributed by atoms with van der Waals surface area (Å²) in [6, 6.07) is 8.08. The summed E-state index contributed by atoms with van der Waals surface area (Å²) >= 11 is 1.71. The first-order valence-electron chi connectivity index (χ1n) is 6.24. The van der Waals surface area contributed by atoms with E-state index in [0.717, 1.165) is 31.2 Å². The van der Waals surface area contributed by atoms with Crippen LogP contribution >= 0.6 is 11.3 Å². The Morgan fingerprint density at radius 1 is 1.32 bits per heavy atom. The van der Waals surface area contributed by atoms with Gasteiger partial charge in [-0.25, -0.2) is 0 Å². The largest absolute Gasteiger partial charge is 0.356 e. The fourth-order valence-corrected chi connectivity index (χ4v) is 2.32. The van der Waals surface area contributed by atoms with Gasteiger partial charge in [-0.05, 0) is 34.5 Å². The van der Waals surface area contributed by atoms with Crippen LogP contribution in [0, 0.1) is 0 Å². The highest BCUT2D eigenvalue weighted by Gasteiger charge is 1.99. The van der Waals surface area contributed by atoms with E-state index >= 15 is 0 Å². The van der Waals surface area contributed by atoms with E-state index in [1.807, 2.05) is 24.4 Å². The predicted octanol–water partition coefficient (Wildman–Crippen LogP) is 2.05. The number of nitrogens with zero attached hydrogens (tertiary/aromatic N) is 2. The van der Waals surface area contributed by atoms with Gasteiger partial charge in [-0.3, -0.25) is 9.98 Å². The van der Waals surface area contributed by atoms with Crippen LogP contribution in [0.25, 0.3) is 0 Å². The number of thiophene rings is 1. The maximum absolute atomic E-state index is 4.29. The fourth-order valence-electron chi connectivity index (χ4n) is 1.65. The topological polar surface area (TPSA) is 49.3 Å². The fraction of sp³-hybridized carbons (Fsp3) is 0.286. The van der Waals surface area contributed by atoms with E-state index in [9.17, 15) is 0 Å². The molecular weight excluding hydrogens is 256 g/mol. The Bertz CT molecular complexity index is 493. The lowest BCUT2D eigenvalue weighted by atomic mass is 10.3. The minimum Gasteiger partial charge on any atom is -0.356 e. The summed E-state index contributed by atoms with van der Waals surface area (Å²) in [5, 5.41) is 10.8. The number of pyridine rings is 1. The van der Waals surface area contributed by atoms with Crippen LogP contribution in [-0.4, -0.2) is 24.5 Å². The molecule has 2 aromatic heterocycles. The van der Waals surface area contributed by atoms with Crippen LogP contribution in [0.15, 0.2) is 46.2 Å². The molecule has 0 saturated carbocycles. The molecule has 0 aromatic carbocycles. The highest BCUT2D eigenvalue weighted by molar-refractivity contribution is 7.07. The van der Waals surface area contributed by atoms with Crippen LogP contribution in [0.3, 0.4) is 0 Å². The minimum atomic E-state index is 0.798. The zero-order valence-electron chi connectivity index (χ0n) is 11.0. The third kappa shape index (κ3) is 4.71. The van der Waals surface area contributed by atoms with Crippen LogP contribution in [0.1, 0.15) is 11.3 Å². The molecule has 2 N–H and O–H groups in total. The van der Waals surface area contributed by atoms with Crippen molar-refractivity contribution in [3.63, 3.8) is 0 Å². The van der Waals surface area contributed by atoms with Gasteiger partial charge in [-0.2, -0.15) is 11.3 Å². The molecule has 2 rings (SSSR count). The SMILES string of the molecule is CN=C(NCCc1ccccn1)NCc1ccsc1. The molecule has 0 aliphatic rings. The first-order valence-corrected chi connectivity index (χ1v) is 7.18. The van der Waals surface area contributed by atoms with Gasteiger partial charge in [0.25, 0.3) is 0 Å². The molecule has 5 heteroatoms. The third-order valence-electron chi connectivity index (χ3n) is 2.66. The molecule has 100 valence electrons. The van der Waals surface area contributed by atoms with Gasteiger partial charge in [0, 0.05) is 38.4 Å². The lowest BCUT2D eigenvalue weighted by Crippen LogP contribution is -2.37. The average Bonchev–Trinajstić information content (AvgIpc) is 2.97. The predicted molar refractivity (Wildman–Crippen MR) is 80.5 cm³/mol. The Morgan fingerprint density at radius 2 is 2.26 bits per heavy atom. The summed E-state index contributed by atoms with van der Waals surface area (Å²) in [4.78, 5) is 8.49. The van der Waals surface area contributed by atoms with E-state index in [1.54, 1.807) is 18.4 Å². The Morgan fingerprint density at radius 3 is 2.95 bits per heavy atom. The third-order valence-corrected chi connectivity index (χ3v) is 3.40. The number of nitrogens with one attached hydrogen (secondary N) is 2. The van der Waals surface area contributed by atoms with Gasteiger partial charge in [0.2, 0.25) is 0 Å². The quantitative estimate of drug-likeness (QED) is 0.648. The average molecular weight is 274 g/mol. The van der Waals surface area contributed by atoms with E-state index in [0.29, 0.717) is 0 Å². The van der Waals surface area contributed by atoms with E-state index in [4.69, 9.17) is 0 Å². The summed E-state index contributed by atoms with van der Waals surface area (Å²) in [7, 11) is 1.78. The number of guanidine groups is 1. The summed E-state index contributed by atoms with van der Waals surface area (Å²) in [6.45, 7) is 1.62. The Balaban J connectivity index is 1.71. The van der Waals surface area contributed by atoms with Crippen molar-refractivity contribution in [2.24, 2.45) is 4.99 Å². The molecule has 0 unspecified atom stereocenters. The molecule has 0 radical (unpaired) electrons. The van der Waals surface area contributed by atoms with E-state index < -0.39 is 0 Å². The number of hydrogen-bond acceptors (Lipinski definition) is 3. The molecule has 2 aromatic rings. The van der Waals surface area contributed by atoms with Gasteiger partial charge in [0.05, 0.1) is 0 Å². The zero-order valence-corrected chi connectivity index (χ0v) is 11.8. The normalized spacial score (nSPS) is 11.3. The van der Waals surface area contributed by atoms with Crippen LogP contribution in [0.4, 0.5) is 0 Å². The van der Waals surface area contributed by atoms with Crippen molar-refractivity contribution in [2.45, 2.75) is 13.0 Å². The van der Waals surface area contributed by atoms with E-state index in [1.165, 1.54) is 5.56 Å². The molecule has 0 spiro atoms. The second-order valence-electron chi connectivity index (χ2n) is 4.06. The van der Waals surface area contributed by atoms with E-state index in [2.05, 4.69) is 37.4 Å². The number of aromatic nitrogens is 1. The van der Waals surface area contributed by atoms with Gasteiger partial charge < -0.3 is 10.6 Å². The number of hydrogen-bond donors (Lipinski definition) is 2. The van der Waals surface area contributed by atoms with E-state index in [-0.39, 0.29) is 0 Å². The van der Waals surface area contributed by atoms with Crippen molar-refractivity contribution in [1.29, 1.82) is 0 Å². The van der Waals surface area contributed by atoms with Crippen molar-refractivity contribution in [2.75, 3.05) is 13.6 Å². The summed E-state index contributed by atoms with van der Waals surface area (Å²) in [5.41, 5.74) is 2.36. The summed E-state index contributed by atoms with van der Waals surface area (Å²) < 4.78 is 0. The van der Waals surface area contributed by atoms with Gasteiger partial charge >= 0.3 is 0 Å². The van der Waals surface area contributed by atoms with Crippen molar-refractivity contribution in [3.8, 4) is 0 Å². The minimum absolute atomic E-state index is 0.798. The van der Waals surface area contributed by atoms with Gasteiger partial charge in [-0.15, -0.1) is 0 Å². The van der Waals surface area contributed by atoms with Crippen LogP contribution in [-0.2, 0) is 13.0 Å².